The van der Waals surface area contributed by atoms with Gasteiger partial charge in [-0.2, -0.15) is 0 Å². The van der Waals surface area contributed by atoms with E-state index in [1.165, 1.54) is 12.1 Å². The van der Waals surface area contributed by atoms with E-state index in [1.54, 1.807) is 6.07 Å². The molecule has 1 aromatic rings. The van der Waals surface area contributed by atoms with Crippen molar-refractivity contribution in [2.24, 2.45) is 0 Å². The minimum absolute atomic E-state index is 0.00951. The second-order valence-corrected chi connectivity index (χ2v) is 11.5. The Labute approximate surface area is 252 Å². The number of nitrogens with zero attached hydrogens (tertiary/aromatic N) is 1. The van der Waals surface area contributed by atoms with E-state index in [0.717, 1.165) is 12.5 Å². The quantitative estimate of drug-likeness (QED) is 0.185. The molecule has 15 heteroatoms. The zero-order chi connectivity index (χ0) is 32.7. The van der Waals surface area contributed by atoms with Crippen LogP contribution in [0.5, 0.6) is 11.5 Å². The van der Waals surface area contributed by atoms with Crippen LogP contribution >= 0.6 is 0 Å². The molecule has 1 aromatic carbocycles. The topological polar surface area (TPSA) is 229 Å². The first kappa shape index (κ1) is 32.7. The zero-order valence-corrected chi connectivity index (χ0v) is 24.6. The van der Waals surface area contributed by atoms with Crippen molar-refractivity contribution < 1.29 is 63.7 Å². The van der Waals surface area contributed by atoms with Gasteiger partial charge in [-0.05, 0) is 58.5 Å². The number of hydrogen-bond acceptors (Lipinski definition) is 12. The summed E-state index contributed by atoms with van der Waals surface area (Å²) in [5.74, 6) is -6.60. The first-order valence-corrected chi connectivity index (χ1v) is 14.0. The fourth-order valence-corrected chi connectivity index (χ4v) is 6.39. The number of aryl methyl sites for hydroxylation is 1. The van der Waals surface area contributed by atoms with Crippen LogP contribution in [0.15, 0.2) is 24.0 Å². The van der Waals surface area contributed by atoms with E-state index in [0.29, 0.717) is 18.5 Å². The number of likely N-dealkylation sites (tertiary alicyclic amines) is 1. The third-order valence-electron chi connectivity index (χ3n) is 8.85. The zero-order valence-electron chi connectivity index (χ0n) is 24.6. The molecule has 0 saturated carbocycles. The Kier molecular flexibility index (Phi) is 8.96. The molecule has 240 valence electrons. The summed E-state index contributed by atoms with van der Waals surface area (Å²) in [5.41, 5.74) is -1.12. The summed E-state index contributed by atoms with van der Waals surface area (Å²) in [7, 11) is 1.89. The van der Waals surface area contributed by atoms with Crippen molar-refractivity contribution in [3.8, 4) is 11.5 Å². The number of phenolic OH excluding ortho intramolecular Hbond substituents is 1. The number of carbonyl (C=O) groups excluding carboxylic acids is 3. The van der Waals surface area contributed by atoms with E-state index in [1.807, 2.05) is 31.1 Å². The molecular formula is C29H36N2O13. The number of aliphatic hydroxyl groups is 2. The Morgan fingerprint density at radius 3 is 2.50 bits per heavy atom. The summed E-state index contributed by atoms with van der Waals surface area (Å²) in [5, 5.41) is 53.1. The molecule has 1 fully saturated rings. The molecule has 0 aromatic heterocycles. The van der Waals surface area contributed by atoms with Crippen molar-refractivity contribution in [1.29, 1.82) is 0 Å². The van der Waals surface area contributed by atoms with Gasteiger partial charge < -0.3 is 50.0 Å². The third-order valence-corrected chi connectivity index (χ3v) is 8.85. The summed E-state index contributed by atoms with van der Waals surface area (Å²) < 4.78 is 16.6. The molecule has 0 radical (unpaired) electrons. The van der Waals surface area contributed by atoms with Crippen molar-refractivity contribution in [3.63, 3.8) is 0 Å². The predicted octanol–water partition coefficient (Wildman–Crippen LogP) is -0.288. The molecular weight excluding hydrogens is 584 g/mol. The maximum Gasteiger partial charge on any atom is 0.340 e. The number of rotatable bonds is 10. The maximum atomic E-state index is 12.9. The molecule has 1 saturated heterocycles. The lowest BCUT2D eigenvalue weighted by Crippen LogP contribution is -2.71. The molecule has 0 unspecified atom stereocenters. The first-order chi connectivity index (χ1) is 20.5. The van der Waals surface area contributed by atoms with Gasteiger partial charge in [-0.25, -0.2) is 9.59 Å². The molecule has 1 amide bonds. The minimum atomic E-state index is -2.04. The van der Waals surface area contributed by atoms with E-state index >= 15 is 0 Å². The average Bonchev–Trinajstić information content (AvgIpc) is 3.31. The lowest BCUT2D eigenvalue weighted by atomic mass is 9.54. The number of carboxylic acids is 2. The van der Waals surface area contributed by atoms with E-state index in [2.05, 4.69) is 0 Å². The number of aliphatic hydroxyl groups excluding tert-OH is 1. The van der Waals surface area contributed by atoms with Crippen molar-refractivity contribution >= 4 is 29.8 Å². The molecule has 4 rings (SSSR count). The summed E-state index contributed by atoms with van der Waals surface area (Å²) in [4.78, 5) is 61.6. The van der Waals surface area contributed by atoms with E-state index in [-0.39, 0.29) is 29.7 Å². The van der Waals surface area contributed by atoms with E-state index < -0.39 is 78.0 Å². The summed E-state index contributed by atoms with van der Waals surface area (Å²) in [6.45, 7) is 5.36. The number of nitrogens with one attached hydrogen (secondary N) is 1. The van der Waals surface area contributed by atoms with Gasteiger partial charge in [0.05, 0.1) is 23.9 Å². The van der Waals surface area contributed by atoms with Crippen LogP contribution in [0.1, 0.15) is 50.7 Å². The van der Waals surface area contributed by atoms with E-state index in [9.17, 15) is 39.3 Å². The Morgan fingerprint density at radius 1 is 1.18 bits per heavy atom. The van der Waals surface area contributed by atoms with Crippen LogP contribution in [0.4, 0.5) is 0 Å². The molecule has 15 nitrogen and oxygen atoms in total. The van der Waals surface area contributed by atoms with Gasteiger partial charge in [0.2, 0.25) is 0 Å². The van der Waals surface area contributed by atoms with Crippen LogP contribution in [0.25, 0.3) is 0 Å². The Bertz CT molecular complexity index is 1410. The molecule has 6 N–H and O–H groups in total. The fourth-order valence-electron chi connectivity index (χ4n) is 6.39. The first-order valence-electron chi connectivity index (χ1n) is 14.0. The van der Waals surface area contributed by atoms with Gasteiger partial charge >= 0.3 is 23.9 Å². The maximum absolute atomic E-state index is 12.9. The number of likely N-dealkylation sites (N-methyl/N-ethyl adjacent to an activating group) is 1. The largest absolute Gasteiger partial charge is 0.504 e. The smallest absolute Gasteiger partial charge is 0.340 e. The Balaban J connectivity index is 1.47. The number of carboxylic acid groups (broad SMARTS) is 2. The SMILES string of the molecule is Cc1ccc(O)c2c1[C@]13CCN(C)[C@H](C)[C@]1(O)CC=C(OC(=O)[C@@H](O)CC(=O)O[C@@H](C)C(=O)N[C@H](CC(=O)O)C(=O)O)[C@@H]3O2. The van der Waals surface area contributed by atoms with Crippen LogP contribution in [0.2, 0.25) is 0 Å². The minimum Gasteiger partial charge on any atom is -0.504 e. The highest BCUT2D eigenvalue weighted by molar-refractivity contribution is 5.90. The van der Waals surface area contributed by atoms with Gasteiger partial charge in [-0.15, -0.1) is 0 Å². The fraction of sp³-hybridized carbons (Fsp3) is 0.552. The summed E-state index contributed by atoms with van der Waals surface area (Å²) in [6, 6.07) is 1.07. The number of ether oxygens (including phenoxy) is 3. The average molecular weight is 621 g/mol. The summed E-state index contributed by atoms with van der Waals surface area (Å²) >= 11 is 0. The van der Waals surface area contributed by atoms with Crippen LogP contribution in [0.3, 0.4) is 0 Å². The molecule has 3 aliphatic rings. The Hall–Kier alpha value is -4.21. The standard InChI is InChI=1S/C29H36N2O13/c1-13-5-6-17(32)23-22(13)28-9-10-31(4)15(3)29(28,41)8-7-19(24(28)44-23)43-27(40)18(33)12-21(36)42-14(2)25(37)30-16(26(38)39)11-20(34)35/h5-7,14-16,18,24,32-33,41H,8-12H2,1-4H3,(H,30,37)(H,34,35)(H,38,39)/t14-,15+,16+,18-,24-,28-,29+/m0/s1. The van der Waals surface area contributed by atoms with Crippen molar-refractivity contribution in [2.45, 2.75) is 87.9 Å². The Morgan fingerprint density at radius 2 is 1.86 bits per heavy atom. The van der Waals surface area contributed by atoms with Crippen molar-refractivity contribution in [3.05, 3.63) is 35.1 Å². The van der Waals surface area contributed by atoms with Crippen LogP contribution < -0.4 is 10.1 Å². The van der Waals surface area contributed by atoms with E-state index in [4.69, 9.17) is 24.4 Å². The number of carbonyl (C=O) groups is 5. The number of piperidine rings is 1. The lowest BCUT2D eigenvalue weighted by molar-refractivity contribution is -0.169. The normalized spacial score (nSPS) is 27.6. The highest BCUT2D eigenvalue weighted by atomic mass is 16.6. The molecule has 7 atom stereocenters. The second-order valence-electron chi connectivity index (χ2n) is 11.5. The molecule has 0 bridgehead atoms. The summed E-state index contributed by atoms with van der Waals surface area (Å²) in [6.07, 6.45) is -4.56. The number of esters is 2. The van der Waals surface area contributed by atoms with Gasteiger partial charge in [0, 0.05) is 18.0 Å². The lowest BCUT2D eigenvalue weighted by Gasteiger charge is -2.58. The van der Waals surface area contributed by atoms with Gasteiger partial charge in [-0.3, -0.25) is 14.4 Å². The number of benzene rings is 1. The van der Waals surface area contributed by atoms with Crippen LogP contribution in [0, 0.1) is 6.92 Å². The monoisotopic (exact) mass is 620 g/mol. The van der Waals surface area contributed by atoms with Gasteiger partial charge in [0.25, 0.3) is 5.91 Å². The van der Waals surface area contributed by atoms with Crippen LogP contribution in [-0.4, -0.2) is 110 Å². The van der Waals surface area contributed by atoms with Crippen molar-refractivity contribution in [1.82, 2.24) is 10.2 Å². The molecule has 1 aliphatic carbocycles. The number of fused-ring (bicyclic) bond motifs is 1. The third kappa shape index (κ3) is 5.57. The van der Waals surface area contributed by atoms with Gasteiger partial charge in [-0.1, -0.05) is 6.07 Å². The molecule has 1 spiro atoms. The number of aromatic hydroxyl groups is 1. The molecule has 2 heterocycles. The molecule has 44 heavy (non-hydrogen) atoms. The number of phenols is 1. The highest BCUT2D eigenvalue weighted by Crippen LogP contribution is 2.62. The number of hydrogen-bond donors (Lipinski definition) is 6. The van der Waals surface area contributed by atoms with Gasteiger partial charge in [0.15, 0.2) is 29.8 Å². The molecule has 2 aliphatic heterocycles. The van der Waals surface area contributed by atoms with Crippen molar-refractivity contribution in [2.75, 3.05) is 13.6 Å². The second kappa shape index (κ2) is 12.1. The number of amides is 1. The van der Waals surface area contributed by atoms with Gasteiger partial charge in [0.1, 0.15) is 11.8 Å². The van der Waals surface area contributed by atoms with Crippen LogP contribution in [-0.2, 0) is 38.9 Å². The highest BCUT2D eigenvalue weighted by Gasteiger charge is 2.69. The number of aliphatic carboxylic acids is 2. The predicted molar refractivity (Wildman–Crippen MR) is 147 cm³/mol.